The van der Waals surface area contributed by atoms with Gasteiger partial charge in [-0.1, -0.05) is 12.8 Å². The molecular weight excluding hydrogens is 274 g/mol. The van der Waals surface area contributed by atoms with Crippen LogP contribution in [0.5, 0.6) is 0 Å². The summed E-state index contributed by atoms with van der Waals surface area (Å²) in [7, 11) is -4.21. The van der Waals surface area contributed by atoms with Gasteiger partial charge in [-0.05, 0) is 31.4 Å². The van der Waals surface area contributed by atoms with Crippen LogP contribution in [0, 0.1) is 17.6 Å². The first-order valence-electron chi connectivity index (χ1n) is 6.06. The van der Waals surface area contributed by atoms with Crippen molar-refractivity contribution in [3.8, 4) is 0 Å². The molecule has 0 saturated heterocycles. The van der Waals surface area contributed by atoms with Crippen molar-refractivity contribution in [3.05, 3.63) is 23.8 Å². The summed E-state index contributed by atoms with van der Waals surface area (Å²) in [6.07, 6.45) is 2.84. The highest BCUT2D eigenvalue weighted by Crippen LogP contribution is 2.33. The predicted molar refractivity (Wildman–Crippen MR) is 67.9 cm³/mol. The molecule has 1 atom stereocenters. The van der Waals surface area contributed by atoms with Gasteiger partial charge in [0.2, 0.25) is 10.0 Å². The average molecular weight is 290 g/mol. The predicted octanol–water partition coefficient (Wildman–Crippen LogP) is 2.01. The number of hydrogen-bond acceptors (Lipinski definition) is 3. The van der Waals surface area contributed by atoms with Gasteiger partial charge in [0.15, 0.2) is 4.90 Å². The standard InChI is InChI=1S/C12H16F2N2O2S/c1-7(4-8-2-3-8)16-19(17,18)12-10(13)5-9(15)6-11(12)14/h5-8,16H,2-4,15H2,1H3. The zero-order valence-corrected chi connectivity index (χ0v) is 11.3. The number of hydrogen-bond donors (Lipinski definition) is 2. The van der Waals surface area contributed by atoms with E-state index in [2.05, 4.69) is 4.72 Å². The zero-order valence-electron chi connectivity index (χ0n) is 10.5. The lowest BCUT2D eigenvalue weighted by molar-refractivity contribution is 0.498. The van der Waals surface area contributed by atoms with Gasteiger partial charge in [-0.2, -0.15) is 0 Å². The number of rotatable bonds is 5. The van der Waals surface area contributed by atoms with Crippen LogP contribution >= 0.6 is 0 Å². The number of halogens is 2. The monoisotopic (exact) mass is 290 g/mol. The number of benzene rings is 1. The Morgan fingerprint density at radius 2 is 1.89 bits per heavy atom. The van der Waals surface area contributed by atoms with Crippen molar-refractivity contribution in [1.82, 2.24) is 4.72 Å². The molecular formula is C12H16F2N2O2S. The van der Waals surface area contributed by atoms with E-state index in [1.54, 1.807) is 6.92 Å². The van der Waals surface area contributed by atoms with Crippen molar-refractivity contribution in [3.63, 3.8) is 0 Å². The van der Waals surface area contributed by atoms with E-state index in [1.807, 2.05) is 0 Å². The molecule has 1 aliphatic carbocycles. The summed E-state index contributed by atoms with van der Waals surface area (Å²) in [5.74, 6) is -1.84. The number of nitrogens with two attached hydrogens (primary N) is 1. The fourth-order valence-electron chi connectivity index (χ4n) is 2.06. The van der Waals surface area contributed by atoms with Gasteiger partial charge in [0.05, 0.1) is 0 Å². The fourth-order valence-corrected chi connectivity index (χ4v) is 3.44. The van der Waals surface area contributed by atoms with Crippen molar-refractivity contribution in [1.29, 1.82) is 0 Å². The quantitative estimate of drug-likeness (QED) is 0.815. The molecule has 0 heterocycles. The van der Waals surface area contributed by atoms with Crippen LogP contribution < -0.4 is 10.5 Å². The molecule has 0 radical (unpaired) electrons. The summed E-state index contributed by atoms with van der Waals surface area (Å²) < 4.78 is 53.4. The van der Waals surface area contributed by atoms with Crippen LogP contribution in [-0.2, 0) is 10.0 Å². The minimum absolute atomic E-state index is 0.153. The second-order valence-corrected chi connectivity index (χ2v) is 6.67. The van der Waals surface area contributed by atoms with Crippen LogP contribution in [-0.4, -0.2) is 14.5 Å². The van der Waals surface area contributed by atoms with E-state index in [-0.39, 0.29) is 11.7 Å². The van der Waals surface area contributed by atoms with E-state index >= 15 is 0 Å². The molecule has 1 unspecified atom stereocenters. The topological polar surface area (TPSA) is 72.2 Å². The molecule has 0 amide bonds. The van der Waals surface area contributed by atoms with Crippen molar-refractivity contribution < 1.29 is 17.2 Å². The summed E-state index contributed by atoms with van der Waals surface area (Å²) in [5.41, 5.74) is 5.10. The average Bonchev–Trinajstić information content (AvgIpc) is 2.97. The van der Waals surface area contributed by atoms with Crippen molar-refractivity contribution in [2.75, 3.05) is 5.73 Å². The van der Waals surface area contributed by atoms with Crippen LogP contribution in [0.2, 0.25) is 0 Å². The summed E-state index contributed by atoms with van der Waals surface area (Å²) in [5, 5.41) is 0. The zero-order chi connectivity index (χ0) is 14.2. The normalized spacial score (nSPS) is 17.4. The highest BCUT2D eigenvalue weighted by molar-refractivity contribution is 7.89. The minimum atomic E-state index is -4.21. The molecule has 106 valence electrons. The van der Waals surface area contributed by atoms with E-state index in [4.69, 9.17) is 5.73 Å². The van der Waals surface area contributed by atoms with Gasteiger partial charge < -0.3 is 5.73 Å². The molecule has 1 aliphatic rings. The molecule has 1 saturated carbocycles. The maximum absolute atomic E-state index is 13.6. The summed E-state index contributed by atoms with van der Waals surface area (Å²) in [4.78, 5) is -0.968. The van der Waals surface area contributed by atoms with Gasteiger partial charge >= 0.3 is 0 Å². The van der Waals surface area contributed by atoms with Crippen LogP contribution in [0.25, 0.3) is 0 Å². The largest absolute Gasteiger partial charge is 0.399 e. The first-order chi connectivity index (χ1) is 8.79. The van der Waals surface area contributed by atoms with E-state index in [0.717, 1.165) is 25.0 Å². The third-order valence-electron chi connectivity index (χ3n) is 3.03. The van der Waals surface area contributed by atoms with Crippen LogP contribution in [0.4, 0.5) is 14.5 Å². The van der Waals surface area contributed by atoms with Gasteiger partial charge in [-0.25, -0.2) is 21.9 Å². The summed E-state index contributed by atoms with van der Waals surface area (Å²) >= 11 is 0. The molecule has 0 spiro atoms. The maximum Gasteiger partial charge on any atom is 0.246 e. The van der Waals surface area contributed by atoms with Gasteiger partial charge in [0.1, 0.15) is 11.6 Å². The van der Waals surface area contributed by atoms with Gasteiger partial charge in [0, 0.05) is 11.7 Å². The Labute approximate surface area is 111 Å². The van der Waals surface area contributed by atoms with Crippen molar-refractivity contribution in [2.45, 2.75) is 37.1 Å². The first kappa shape index (κ1) is 14.2. The second kappa shape index (κ2) is 5.05. The highest BCUT2D eigenvalue weighted by Gasteiger charge is 2.29. The van der Waals surface area contributed by atoms with Crippen LogP contribution in [0.3, 0.4) is 0 Å². The van der Waals surface area contributed by atoms with E-state index in [9.17, 15) is 17.2 Å². The number of sulfonamides is 1. The molecule has 1 aromatic carbocycles. The van der Waals surface area contributed by atoms with Crippen LogP contribution in [0.1, 0.15) is 26.2 Å². The SMILES string of the molecule is CC(CC1CC1)NS(=O)(=O)c1c(F)cc(N)cc1F. The van der Waals surface area contributed by atoms with Crippen molar-refractivity contribution >= 4 is 15.7 Å². The summed E-state index contributed by atoms with van der Waals surface area (Å²) in [6.45, 7) is 1.68. The first-order valence-corrected chi connectivity index (χ1v) is 7.55. The lowest BCUT2D eigenvalue weighted by Crippen LogP contribution is -2.34. The Balaban J connectivity index is 2.23. The Morgan fingerprint density at radius 3 is 2.37 bits per heavy atom. The number of anilines is 1. The Hall–Kier alpha value is -1.21. The van der Waals surface area contributed by atoms with E-state index in [0.29, 0.717) is 12.3 Å². The van der Waals surface area contributed by atoms with Gasteiger partial charge in [-0.15, -0.1) is 0 Å². The fraction of sp³-hybridized carbons (Fsp3) is 0.500. The smallest absolute Gasteiger partial charge is 0.246 e. The van der Waals surface area contributed by atoms with Gasteiger partial charge in [-0.3, -0.25) is 0 Å². The molecule has 3 N–H and O–H groups in total. The molecule has 1 fully saturated rings. The third-order valence-corrected chi connectivity index (χ3v) is 4.67. The molecule has 1 aromatic rings. The summed E-state index contributed by atoms with van der Waals surface area (Å²) in [6, 6.07) is 1.24. The Kier molecular flexibility index (Phi) is 3.78. The highest BCUT2D eigenvalue weighted by atomic mass is 32.2. The third kappa shape index (κ3) is 3.42. The van der Waals surface area contributed by atoms with E-state index < -0.39 is 26.6 Å². The second-order valence-electron chi connectivity index (χ2n) is 5.02. The lowest BCUT2D eigenvalue weighted by atomic mass is 10.2. The molecule has 0 aromatic heterocycles. The van der Waals surface area contributed by atoms with Gasteiger partial charge in [0.25, 0.3) is 0 Å². The lowest BCUT2D eigenvalue weighted by Gasteiger charge is -2.14. The Bertz CT molecular complexity index is 562. The number of nitrogens with one attached hydrogen (secondary N) is 1. The molecule has 0 bridgehead atoms. The maximum atomic E-state index is 13.6. The van der Waals surface area contributed by atoms with Crippen molar-refractivity contribution in [2.24, 2.45) is 5.92 Å². The molecule has 19 heavy (non-hydrogen) atoms. The molecule has 4 nitrogen and oxygen atoms in total. The minimum Gasteiger partial charge on any atom is -0.399 e. The number of nitrogen functional groups attached to an aromatic ring is 1. The van der Waals surface area contributed by atoms with Crippen LogP contribution in [0.15, 0.2) is 17.0 Å². The molecule has 0 aliphatic heterocycles. The Morgan fingerprint density at radius 1 is 1.37 bits per heavy atom. The molecule has 7 heteroatoms. The molecule has 2 rings (SSSR count). The van der Waals surface area contributed by atoms with E-state index in [1.165, 1.54) is 0 Å².